The average molecular weight is 317 g/mol. The maximum Gasteiger partial charge on any atom is 0.250 e. The number of fused-ring (bicyclic) bond motifs is 1. The third-order valence-corrected chi connectivity index (χ3v) is 4.49. The van der Waals surface area contributed by atoms with Gasteiger partial charge in [-0.15, -0.1) is 0 Å². The quantitative estimate of drug-likeness (QED) is 0.892. The maximum atomic E-state index is 12.5. The zero-order valence-corrected chi connectivity index (χ0v) is 13.6. The number of amides is 2. The first-order valence-electron chi connectivity index (χ1n) is 8.08. The molecule has 2 aliphatic rings. The Morgan fingerprint density at radius 3 is 2.57 bits per heavy atom. The number of hydrogen-bond acceptors (Lipinski definition) is 4. The molecule has 2 amide bonds. The summed E-state index contributed by atoms with van der Waals surface area (Å²) in [5, 5.41) is 6.37. The average Bonchev–Trinajstić information content (AvgIpc) is 2.54. The van der Waals surface area contributed by atoms with Crippen molar-refractivity contribution < 1.29 is 14.3 Å². The molecule has 0 aliphatic carbocycles. The number of carbonyl (C=O) groups is 2. The van der Waals surface area contributed by atoms with Crippen molar-refractivity contribution >= 4 is 23.2 Å². The minimum Gasteiger partial charge on any atom is -0.369 e. The number of para-hydroxylation sites is 2. The van der Waals surface area contributed by atoms with Crippen LogP contribution in [0, 0.1) is 0 Å². The first-order chi connectivity index (χ1) is 11.0. The summed E-state index contributed by atoms with van der Waals surface area (Å²) in [6, 6.07) is 7.69. The van der Waals surface area contributed by atoms with Gasteiger partial charge < -0.3 is 20.3 Å². The van der Waals surface area contributed by atoms with Crippen molar-refractivity contribution in [3.8, 4) is 0 Å². The van der Waals surface area contributed by atoms with Crippen molar-refractivity contribution in [2.75, 3.05) is 30.3 Å². The van der Waals surface area contributed by atoms with Gasteiger partial charge >= 0.3 is 0 Å². The fourth-order valence-electron chi connectivity index (χ4n) is 3.08. The highest BCUT2D eigenvalue weighted by Gasteiger charge is 2.44. The van der Waals surface area contributed by atoms with E-state index < -0.39 is 5.54 Å². The fraction of sp³-hybridized carbons (Fsp3) is 0.529. The maximum absolute atomic E-state index is 12.5. The van der Waals surface area contributed by atoms with Crippen LogP contribution in [0.25, 0.3) is 0 Å². The standard InChI is InChI=1S/C17H23N3O3/c1-12(2)23-11-15(21)20-9-7-17(8-10-20)16(22)18-13-5-3-4-6-14(13)19-17/h3-6,12,19H,7-11H2,1-2H3,(H,18,22). The third-order valence-electron chi connectivity index (χ3n) is 4.49. The summed E-state index contributed by atoms with van der Waals surface area (Å²) in [5.41, 5.74) is 1.13. The van der Waals surface area contributed by atoms with Crippen molar-refractivity contribution in [3.63, 3.8) is 0 Å². The number of benzene rings is 1. The molecule has 1 saturated heterocycles. The molecule has 0 aromatic heterocycles. The monoisotopic (exact) mass is 317 g/mol. The van der Waals surface area contributed by atoms with E-state index in [1.807, 2.05) is 38.1 Å². The number of ether oxygens (including phenoxy) is 1. The molecule has 1 aromatic rings. The van der Waals surface area contributed by atoms with Gasteiger partial charge in [0.1, 0.15) is 12.1 Å². The second kappa shape index (κ2) is 6.20. The number of piperidine rings is 1. The number of anilines is 2. The molecular formula is C17H23N3O3. The molecule has 6 heteroatoms. The lowest BCUT2D eigenvalue weighted by Gasteiger charge is -2.44. The predicted octanol–water partition coefficient (Wildman–Crippen LogP) is 1.84. The minimum absolute atomic E-state index is 0.00910. The molecular weight excluding hydrogens is 294 g/mol. The highest BCUT2D eigenvalue weighted by Crippen LogP contribution is 2.36. The van der Waals surface area contributed by atoms with E-state index >= 15 is 0 Å². The summed E-state index contributed by atoms with van der Waals surface area (Å²) in [6.07, 6.45) is 1.23. The van der Waals surface area contributed by atoms with Gasteiger partial charge in [-0.1, -0.05) is 12.1 Å². The molecule has 124 valence electrons. The van der Waals surface area contributed by atoms with Crippen LogP contribution in [0.4, 0.5) is 11.4 Å². The van der Waals surface area contributed by atoms with Crippen LogP contribution in [0.15, 0.2) is 24.3 Å². The highest BCUT2D eigenvalue weighted by molar-refractivity contribution is 6.06. The van der Waals surface area contributed by atoms with E-state index in [1.165, 1.54) is 0 Å². The molecule has 6 nitrogen and oxygen atoms in total. The molecule has 0 saturated carbocycles. The number of carbonyl (C=O) groups excluding carboxylic acids is 2. The second-order valence-electron chi connectivity index (χ2n) is 6.45. The van der Waals surface area contributed by atoms with Crippen LogP contribution in [-0.2, 0) is 14.3 Å². The van der Waals surface area contributed by atoms with Crippen LogP contribution in [0.1, 0.15) is 26.7 Å². The molecule has 1 fully saturated rings. The van der Waals surface area contributed by atoms with E-state index in [9.17, 15) is 9.59 Å². The van der Waals surface area contributed by atoms with Gasteiger partial charge in [-0.3, -0.25) is 9.59 Å². The van der Waals surface area contributed by atoms with Crippen LogP contribution in [0.3, 0.4) is 0 Å². The lowest BCUT2D eigenvalue weighted by molar-refractivity contribution is -0.140. The Kier molecular flexibility index (Phi) is 4.26. The lowest BCUT2D eigenvalue weighted by atomic mass is 9.84. The Morgan fingerprint density at radius 2 is 1.91 bits per heavy atom. The van der Waals surface area contributed by atoms with E-state index in [4.69, 9.17) is 4.74 Å². The van der Waals surface area contributed by atoms with E-state index in [0.29, 0.717) is 25.9 Å². The molecule has 0 unspecified atom stereocenters. The van der Waals surface area contributed by atoms with E-state index in [2.05, 4.69) is 10.6 Å². The summed E-state index contributed by atoms with van der Waals surface area (Å²) in [6.45, 7) is 5.04. The number of nitrogens with zero attached hydrogens (tertiary/aromatic N) is 1. The van der Waals surface area contributed by atoms with E-state index in [-0.39, 0.29) is 24.5 Å². The molecule has 0 atom stereocenters. The van der Waals surface area contributed by atoms with Gasteiger partial charge in [0.15, 0.2) is 0 Å². The molecule has 23 heavy (non-hydrogen) atoms. The van der Waals surface area contributed by atoms with Gasteiger partial charge in [0.05, 0.1) is 17.5 Å². The second-order valence-corrected chi connectivity index (χ2v) is 6.45. The highest BCUT2D eigenvalue weighted by atomic mass is 16.5. The van der Waals surface area contributed by atoms with Crippen molar-refractivity contribution in [1.82, 2.24) is 4.90 Å². The van der Waals surface area contributed by atoms with Crippen molar-refractivity contribution in [1.29, 1.82) is 0 Å². The predicted molar refractivity (Wildman–Crippen MR) is 88.3 cm³/mol. The third kappa shape index (κ3) is 3.17. The van der Waals surface area contributed by atoms with Crippen LogP contribution in [-0.4, -0.2) is 48.1 Å². The first kappa shape index (κ1) is 15.8. The largest absolute Gasteiger partial charge is 0.369 e. The zero-order chi connectivity index (χ0) is 16.4. The Hall–Kier alpha value is -2.08. The van der Waals surface area contributed by atoms with Crippen LogP contribution in [0.5, 0.6) is 0 Å². The van der Waals surface area contributed by atoms with Gasteiger partial charge in [0.2, 0.25) is 11.8 Å². The Bertz CT molecular complexity index is 607. The van der Waals surface area contributed by atoms with Crippen LogP contribution >= 0.6 is 0 Å². The van der Waals surface area contributed by atoms with Crippen molar-refractivity contribution in [2.24, 2.45) is 0 Å². The topological polar surface area (TPSA) is 70.7 Å². The summed E-state index contributed by atoms with van der Waals surface area (Å²) in [7, 11) is 0. The van der Waals surface area contributed by atoms with Crippen LogP contribution < -0.4 is 10.6 Å². The molecule has 2 aliphatic heterocycles. The van der Waals surface area contributed by atoms with Gasteiger partial charge in [0, 0.05) is 13.1 Å². The molecule has 3 rings (SSSR count). The van der Waals surface area contributed by atoms with Gasteiger partial charge in [0.25, 0.3) is 0 Å². The Labute approximate surface area is 136 Å². The number of hydrogen-bond donors (Lipinski definition) is 2. The molecule has 0 bridgehead atoms. The van der Waals surface area contributed by atoms with Gasteiger partial charge in [-0.2, -0.15) is 0 Å². The molecule has 2 heterocycles. The van der Waals surface area contributed by atoms with E-state index in [0.717, 1.165) is 11.4 Å². The number of likely N-dealkylation sites (tertiary alicyclic amines) is 1. The Morgan fingerprint density at radius 1 is 1.26 bits per heavy atom. The number of nitrogens with one attached hydrogen (secondary N) is 2. The summed E-state index contributed by atoms with van der Waals surface area (Å²) < 4.78 is 5.38. The number of rotatable bonds is 3. The van der Waals surface area contributed by atoms with Crippen molar-refractivity contribution in [3.05, 3.63) is 24.3 Å². The molecule has 1 spiro atoms. The lowest BCUT2D eigenvalue weighted by Crippen LogP contribution is -2.59. The normalized spacial score (nSPS) is 19.3. The Balaban J connectivity index is 1.64. The summed E-state index contributed by atoms with van der Waals surface area (Å²) >= 11 is 0. The van der Waals surface area contributed by atoms with E-state index in [1.54, 1.807) is 4.90 Å². The zero-order valence-electron chi connectivity index (χ0n) is 13.6. The van der Waals surface area contributed by atoms with Crippen molar-refractivity contribution in [2.45, 2.75) is 38.3 Å². The van der Waals surface area contributed by atoms with Crippen LogP contribution in [0.2, 0.25) is 0 Å². The first-order valence-corrected chi connectivity index (χ1v) is 8.08. The SMILES string of the molecule is CC(C)OCC(=O)N1CCC2(CC1)Nc1ccccc1NC2=O. The fourth-order valence-corrected chi connectivity index (χ4v) is 3.08. The summed E-state index contributed by atoms with van der Waals surface area (Å²) in [4.78, 5) is 26.4. The smallest absolute Gasteiger partial charge is 0.250 e. The molecule has 2 N–H and O–H groups in total. The van der Waals surface area contributed by atoms with Gasteiger partial charge in [-0.25, -0.2) is 0 Å². The molecule has 1 aromatic carbocycles. The summed E-state index contributed by atoms with van der Waals surface area (Å²) in [5.74, 6) is -0.0214. The molecule has 0 radical (unpaired) electrons. The van der Waals surface area contributed by atoms with Gasteiger partial charge in [-0.05, 0) is 38.8 Å². The minimum atomic E-state index is -0.621.